The maximum atomic E-state index is 14.2. The fraction of sp³-hybridized carbons (Fsp3) is 0.533. The van der Waals surface area contributed by atoms with Crippen LogP contribution in [-0.4, -0.2) is 57.2 Å². The molecule has 1 saturated heterocycles. The summed E-state index contributed by atoms with van der Waals surface area (Å²) < 4.78 is 5.89. The minimum Gasteiger partial charge on any atom is -0.504 e. The molecule has 0 unspecified atom stereocenters. The molecule has 1 aromatic carbocycles. The lowest BCUT2D eigenvalue weighted by molar-refractivity contribution is -0.166. The zero-order valence-corrected chi connectivity index (χ0v) is 22.2. The number of carbonyl (C=O) groups excluding carboxylic acids is 2. The van der Waals surface area contributed by atoms with Gasteiger partial charge in [0.05, 0.1) is 6.10 Å². The van der Waals surface area contributed by atoms with E-state index in [4.69, 9.17) is 4.74 Å². The van der Waals surface area contributed by atoms with Crippen LogP contribution >= 0.6 is 0 Å². The first-order chi connectivity index (χ1) is 18.0. The molecule has 0 bridgehead atoms. The second-order valence-corrected chi connectivity index (χ2v) is 11.2. The molecule has 8 heteroatoms. The highest BCUT2D eigenvalue weighted by atomic mass is 16.5. The summed E-state index contributed by atoms with van der Waals surface area (Å²) in [6.07, 6.45) is 7.13. The van der Waals surface area contributed by atoms with Crippen LogP contribution in [0.5, 0.6) is 11.5 Å². The highest BCUT2D eigenvalue weighted by Crippen LogP contribution is 2.58. The van der Waals surface area contributed by atoms with E-state index in [9.17, 15) is 30.0 Å². The molecule has 0 aromatic heterocycles. The molecule has 4 rings (SSSR count). The molecular weight excluding hydrogens is 486 g/mol. The summed E-state index contributed by atoms with van der Waals surface area (Å²) in [5.41, 5.74) is -0.00154. The molecule has 1 spiro atoms. The molecule has 1 saturated carbocycles. The second kappa shape index (κ2) is 10.9. The number of esters is 1. The number of carbonyl (C=O) groups is 2. The van der Waals surface area contributed by atoms with Crippen molar-refractivity contribution in [3.63, 3.8) is 0 Å². The fourth-order valence-corrected chi connectivity index (χ4v) is 6.93. The van der Waals surface area contributed by atoms with Crippen LogP contribution in [-0.2, 0) is 20.7 Å². The van der Waals surface area contributed by atoms with E-state index in [1.54, 1.807) is 12.1 Å². The summed E-state index contributed by atoms with van der Waals surface area (Å²) in [4.78, 5) is 26.6. The molecule has 5 N–H and O–H groups in total. The molecule has 1 amide bonds. The number of aromatic hydroxyl groups is 2. The minimum absolute atomic E-state index is 0.0121. The van der Waals surface area contributed by atoms with E-state index >= 15 is 0 Å². The van der Waals surface area contributed by atoms with E-state index < -0.39 is 41.5 Å². The third-order valence-corrected chi connectivity index (χ3v) is 8.74. The lowest BCUT2D eigenvalue weighted by Gasteiger charge is -2.52. The van der Waals surface area contributed by atoms with Crippen molar-refractivity contribution in [2.24, 2.45) is 35.0 Å². The molecule has 206 valence electrons. The summed E-state index contributed by atoms with van der Waals surface area (Å²) in [6, 6.07) is 4.16. The summed E-state index contributed by atoms with van der Waals surface area (Å²) in [7, 11) is 0. The van der Waals surface area contributed by atoms with Crippen molar-refractivity contribution in [1.82, 2.24) is 5.32 Å². The van der Waals surface area contributed by atoms with Crippen LogP contribution < -0.4 is 5.32 Å². The first kappa shape index (κ1) is 27.9. The molecule has 38 heavy (non-hydrogen) atoms. The molecule has 1 aliphatic heterocycles. The Labute approximate surface area is 223 Å². The van der Waals surface area contributed by atoms with E-state index in [0.29, 0.717) is 24.0 Å². The number of amides is 1. The molecule has 1 heterocycles. The Morgan fingerprint density at radius 2 is 1.92 bits per heavy atom. The molecule has 1 aromatic rings. The van der Waals surface area contributed by atoms with Crippen LogP contribution in [0.2, 0.25) is 0 Å². The van der Waals surface area contributed by atoms with E-state index in [0.717, 1.165) is 6.42 Å². The zero-order valence-electron chi connectivity index (χ0n) is 22.2. The lowest BCUT2D eigenvalue weighted by Crippen LogP contribution is -2.60. The smallest absolute Gasteiger partial charge is 0.303 e. The normalized spacial score (nSPS) is 38.8. The van der Waals surface area contributed by atoms with E-state index in [2.05, 4.69) is 11.9 Å². The number of phenols is 2. The first-order valence-corrected chi connectivity index (χ1v) is 13.3. The van der Waals surface area contributed by atoms with E-state index in [1.807, 2.05) is 32.1 Å². The Balaban J connectivity index is 1.89. The third kappa shape index (κ3) is 4.87. The Bertz CT molecular complexity index is 1140. The number of hydrogen-bond donors (Lipinski definition) is 5. The van der Waals surface area contributed by atoms with Gasteiger partial charge in [0, 0.05) is 31.4 Å². The standard InChI is InChI=1S/C30H39NO7/c1-16-8-11-26(38-19(4)33)30-22(7-5-6-21(12-16)15-32)28(36)18(3)17(2)27(30)23(31-29(30)37)13-20-9-10-24(34)25(35)14-20/h5,7-11,14,16-17,21-23,26-28,32,34-36H,3,6,12-13,15H2,1-2,4H3,(H,31,37)/b7-5+,11-8+/t16-,17-,21+,22+,23+,26-,27+,28-,30-/m1/s1. The number of aliphatic hydroxyl groups is 2. The number of allylic oxidation sites excluding steroid dienone is 2. The number of hydrogen-bond acceptors (Lipinski definition) is 7. The molecule has 3 aliphatic rings. The van der Waals surface area contributed by atoms with Gasteiger partial charge in [-0.2, -0.15) is 0 Å². The number of rotatable bonds is 4. The molecular formula is C30H39NO7. The van der Waals surface area contributed by atoms with Gasteiger partial charge in [-0.3, -0.25) is 9.59 Å². The van der Waals surface area contributed by atoms with Gasteiger partial charge in [-0.05, 0) is 66.4 Å². The fourth-order valence-electron chi connectivity index (χ4n) is 6.93. The zero-order chi connectivity index (χ0) is 27.8. The molecule has 2 fully saturated rings. The number of aliphatic hydroxyl groups excluding tert-OH is 2. The third-order valence-electron chi connectivity index (χ3n) is 8.74. The summed E-state index contributed by atoms with van der Waals surface area (Å²) in [5.74, 6) is -2.68. The van der Waals surface area contributed by atoms with Crippen molar-refractivity contribution in [3.8, 4) is 11.5 Å². The number of ether oxygens (including phenoxy) is 1. The summed E-state index contributed by atoms with van der Waals surface area (Å²) in [5, 5.41) is 44.4. The van der Waals surface area contributed by atoms with Crippen LogP contribution in [0.3, 0.4) is 0 Å². The van der Waals surface area contributed by atoms with Crippen molar-refractivity contribution in [1.29, 1.82) is 0 Å². The van der Waals surface area contributed by atoms with Crippen molar-refractivity contribution < 1.29 is 34.8 Å². The first-order valence-electron chi connectivity index (χ1n) is 13.3. The van der Waals surface area contributed by atoms with Gasteiger partial charge in [0.25, 0.3) is 0 Å². The van der Waals surface area contributed by atoms with Crippen LogP contribution in [0.4, 0.5) is 0 Å². The highest BCUT2D eigenvalue weighted by Gasteiger charge is 2.68. The van der Waals surface area contributed by atoms with Crippen LogP contribution in [0, 0.1) is 35.0 Å². The lowest BCUT2D eigenvalue weighted by atomic mass is 9.51. The SMILES string of the molecule is C=C1[C@@H](C)[C@H]2[C@H](Cc3ccc(O)c(O)c3)NC(=O)[C@]23[C@H](OC(C)=O)/C=C/[C@@H](C)C[C@@H](CO)C/C=C/[C@H]3[C@@H]1O. The topological polar surface area (TPSA) is 136 Å². The maximum Gasteiger partial charge on any atom is 0.303 e. The Morgan fingerprint density at radius 3 is 2.58 bits per heavy atom. The number of benzene rings is 1. The van der Waals surface area contributed by atoms with E-state index in [1.165, 1.54) is 19.1 Å². The van der Waals surface area contributed by atoms with Gasteiger partial charge in [-0.15, -0.1) is 0 Å². The van der Waals surface area contributed by atoms with Crippen molar-refractivity contribution in [3.05, 3.63) is 60.2 Å². The van der Waals surface area contributed by atoms with Gasteiger partial charge < -0.3 is 30.5 Å². The van der Waals surface area contributed by atoms with Crippen molar-refractivity contribution in [2.45, 2.75) is 58.3 Å². The van der Waals surface area contributed by atoms with Crippen molar-refractivity contribution in [2.75, 3.05) is 6.61 Å². The van der Waals surface area contributed by atoms with Gasteiger partial charge >= 0.3 is 5.97 Å². The summed E-state index contributed by atoms with van der Waals surface area (Å²) >= 11 is 0. The van der Waals surface area contributed by atoms with Crippen LogP contribution in [0.25, 0.3) is 0 Å². The van der Waals surface area contributed by atoms with Crippen LogP contribution in [0.15, 0.2) is 54.7 Å². The Kier molecular flexibility index (Phi) is 8.04. The van der Waals surface area contributed by atoms with Gasteiger partial charge in [-0.1, -0.05) is 44.7 Å². The largest absolute Gasteiger partial charge is 0.504 e. The van der Waals surface area contributed by atoms with Gasteiger partial charge in [-0.25, -0.2) is 0 Å². The Morgan fingerprint density at radius 1 is 1.18 bits per heavy atom. The molecule has 8 nitrogen and oxygen atoms in total. The minimum atomic E-state index is -1.32. The predicted octanol–water partition coefficient (Wildman–Crippen LogP) is 3.01. The maximum absolute atomic E-state index is 14.2. The van der Waals surface area contributed by atoms with E-state index in [-0.39, 0.29) is 41.8 Å². The number of phenolic OH excluding ortho intramolecular Hbond substituents is 2. The van der Waals surface area contributed by atoms with Gasteiger partial charge in [0.15, 0.2) is 11.5 Å². The average molecular weight is 526 g/mol. The molecule has 2 aliphatic carbocycles. The predicted molar refractivity (Wildman–Crippen MR) is 142 cm³/mol. The van der Waals surface area contributed by atoms with Gasteiger partial charge in [0.1, 0.15) is 11.5 Å². The van der Waals surface area contributed by atoms with Crippen LogP contribution in [0.1, 0.15) is 39.2 Å². The van der Waals surface area contributed by atoms with Crippen molar-refractivity contribution >= 4 is 11.9 Å². The number of nitrogens with one attached hydrogen (secondary N) is 1. The monoisotopic (exact) mass is 525 g/mol. The average Bonchev–Trinajstić information content (AvgIpc) is 3.14. The summed E-state index contributed by atoms with van der Waals surface area (Å²) in [6.45, 7) is 9.48. The quantitative estimate of drug-likeness (QED) is 0.232. The highest BCUT2D eigenvalue weighted by molar-refractivity contribution is 5.89. The molecule has 0 radical (unpaired) electrons. The Hall–Kier alpha value is -3.10. The second-order valence-electron chi connectivity index (χ2n) is 11.2. The van der Waals surface area contributed by atoms with Gasteiger partial charge in [0.2, 0.25) is 5.91 Å². The molecule has 9 atom stereocenters.